The molecule has 1 saturated carbocycles. The fraction of sp³-hybridized carbons (Fsp3) is 0.542. The highest BCUT2D eigenvalue weighted by molar-refractivity contribution is 5.81. The Morgan fingerprint density at radius 3 is 2.47 bits per heavy atom. The fourth-order valence-electron chi connectivity index (χ4n) is 4.00. The van der Waals surface area contributed by atoms with Crippen LogP contribution in [0.5, 0.6) is 0 Å². The van der Waals surface area contributed by atoms with Crippen LogP contribution in [0.1, 0.15) is 63.2 Å². The first-order valence-corrected chi connectivity index (χ1v) is 10.9. The first-order chi connectivity index (χ1) is 14.3. The first kappa shape index (κ1) is 22.1. The number of rotatable bonds is 7. The van der Waals surface area contributed by atoms with Crippen LogP contribution in [0.25, 0.3) is 0 Å². The van der Waals surface area contributed by atoms with Gasteiger partial charge in [-0.2, -0.15) is 0 Å². The molecule has 0 radical (unpaired) electrons. The van der Waals surface area contributed by atoms with Crippen LogP contribution in [0.3, 0.4) is 0 Å². The molecular weight excluding hydrogens is 378 g/mol. The molecule has 0 saturated heterocycles. The molecule has 1 unspecified atom stereocenters. The summed E-state index contributed by atoms with van der Waals surface area (Å²) in [5, 5.41) is 3.42. The van der Waals surface area contributed by atoms with Crippen LogP contribution in [0.2, 0.25) is 0 Å². The van der Waals surface area contributed by atoms with Crippen molar-refractivity contribution in [1.29, 1.82) is 0 Å². The summed E-state index contributed by atoms with van der Waals surface area (Å²) in [6, 6.07) is 7.81. The molecule has 0 amide bonds. The Hall–Kier alpha value is -2.63. The minimum atomic E-state index is -0.479. The van der Waals surface area contributed by atoms with Gasteiger partial charge in [0.25, 0.3) is 0 Å². The molecule has 1 aromatic carbocycles. The summed E-state index contributed by atoms with van der Waals surface area (Å²) in [5.41, 5.74) is 1.40. The minimum absolute atomic E-state index is 0.0181. The van der Waals surface area contributed by atoms with Crippen LogP contribution in [0, 0.1) is 11.8 Å². The van der Waals surface area contributed by atoms with E-state index >= 15 is 0 Å². The largest absolute Gasteiger partial charge is 0.460 e. The lowest BCUT2D eigenvalue weighted by Gasteiger charge is -2.31. The van der Waals surface area contributed by atoms with Gasteiger partial charge in [0.15, 0.2) is 0 Å². The summed E-state index contributed by atoms with van der Waals surface area (Å²) < 4.78 is 7.20. The molecule has 3 rings (SSSR count). The number of hydrogen-bond donors (Lipinski definition) is 1. The molecule has 0 bridgehead atoms. The quantitative estimate of drug-likeness (QED) is 0.668. The molecule has 1 aliphatic carbocycles. The van der Waals surface area contributed by atoms with Gasteiger partial charge < -0.3 is 10.1 Å². The van der Waals surface area contributed by atoms with Gasteiger partial charge in [0.1, 0.15) is 11.9 Å². The van der Waals surface area contributed by atoms with E-state index in [2.05, 4.69) is 10.3 Å². The number of ether oxygens (including phenoxy) is 1. The molecule has 1 fully saturated rings. The number of anilines is 1. The average molecular weight is 412 g/mol. The molecule has 1 N–H and O–H groups in total. The smallest absolute Gasteiger partial charge is 0.311 e. The number of esters is 1. The van der Waals surface area contributed by atoms with E-state index < -0.39 is 5.60 Å². The van der Waals surface area contributed by atoms with Crippen molar-refractivity contribution in [2.45, 2.75) is 64.9 Å². The second-order valence-corrected chi connectivity index (χ2v) is 9.16. The van der Waals surface area contributed by atoms with Gasteiger partial charge in [-0.15, -0.1) is 0 Å². The Bertz CT molecular complexity index is 816. The lowest BCUT2D eigenvalue weighted by Crippen LogP contribution is -2.37. The molecule has 0 aliphatic heterocycles. The van der Waals surface area contributed by atoms with Crippen molar-refractivity contribution in [1.82, 2.24) is 9.55 Å². The topological polar surface area (TPSA) is 73.2 Å². The fourth-order valence-corrected chi connectivity index (χ4v) is 4.00. The minimum Gasteiger partial charge on any atom is -0.460 e. The standard InChI is InChI=1S/C24H33N3O3/c1-24(2,3)30-23(29)21(19-7-5-4-6-8-19)16-26-20-11-9-18(10-12-20)15-22(28)27-14-13-25-17-27/h9-14,17,19,21,26H,4-8,15-16H2,1-3H3. The summed E-state index contributed by atoms with van der Waals surface area (Å²) >= 11 is 0. The Morgan fingerprint density at radius 2 is 1.87 bits per heavy atom. The zero-order valence-electron chi connectivity index (χ0n) is 18.3. The summed E-state index contributed by atoms with van der Waals surface area (Å²) in [6.45, 7) is 6.31. The zero-order chi connectivity index (χ0) is 21.6. The summed E-state index contributed by atoms with van der Waals surface area (Å²) in [7, 11) is 0. The number of imidazole rings is 1. The second-order valence-electron chi connectivity index (χ2n) is 9.16. The van der Waals surface area contributed by atoms with Crippen molar-refractivity contribution in [3.63, 3.8) is 0 Å². The van der Waals surface area contributed by atoms with Crippen molar-refractivity contribution >= 4 is 17.6 Å². The van der Waals surface area contributed by atoms with Crippen LogP contribution >= 0.6 is 0 Å². The number of hydrogen-bond acceptors (Lipinski definition) is 5. The second kappa shape index (κ2) is 9.92. The van der Waals surface area contributed by atoms with Gasteiger partial charge in [-0.25, -0.2) is 4.98 Å². The maximum atomic E-state index is 12.9. The van der Waals surface area contributed by atoms with Crippen LogP contribution in [-0.4, -0.2) is 33.6 Å². The monoisotopic (exact) mass is 411 g/mol. The molecule has 0 spiro atoms. The third-order valence-corrected chi connectivity index (χ3v) is 5.56. The van der Waals surface area contributed by atoms with Gasteiger partial charge in [-0.3, -0.25) is 14.2 Å². The predicted molar refractivity (Wildman–Crippen MR) is 117 cm³/mol. The van der Waals surface area contributed by atoms with E-state index in [1.54, 1.807) is 12.4 Å². The summed E-state index contributed by atoms with van der Waals surface area (Å²) in [6.07, 6.45) is 10.9. The van der Waals surface area contributed by atoms with Gasteiger partial charge in [-0.1, -0.05) is 31.4 Å². The van der Waals surface area contributed by atoms with Crippen molar-refractivity contribution in [2.24, 2.45) is 11.8 Å². The Kier molecular flexibility index (Phi) is 7.29. The maximum absolute atomic E-state index is 12.9. The van der Waals surface area contributed by atoms with Gasteiger partial charge in [0.05, 0.1) is 12.3 Å². The molecule has 1 atom stereocenters. The summed E-state index contributed by atoms with van der Waals surface area (Å²) in [5.74, 6) is 0.0974. The first-order valence-electron chi connectivity index (χ1n) is 10.9. The van der Waals surface area contributed by atoms with E-state index in [1.165, 1.54) is 30.2 Å². The lowest BCUT2D eigenvalue weighted by atomic mass is 9.80. The molecule has 30 heavy (non-hydrogen) atoms. The molecule has 1 heterocycles. The van der Waals surface area contributed by atoms with E-state index in [9.17, 15) is 9.59 Å². The molecule has 6 nitrogen and oxygen atoms in total. The highest BCUT2D eigenvalue weighted by Gasteiger charge is 2.32. The third-order valence-electron chi connectivity index (χ3n) is 5.56. The van der Waals surface area contributed by atoms with E-state index in [1.807, 2.05) is 45.0 Å². The van der Waals surface area contributed by atoms with E-state index in [0.29, 0.717) is 18.9 Å². The van der Waals surface area contributed by atoms with Gasteiger partial charge in [0, 0.05) is 24.6 Å². The van der Waals surface area contributed by atoms with Crippen molar-refractivity contribution in [3.05, 3.63) is 48.5 Å². The number of aromatic nitrogens is 2. The Balaban J connectivity index is 1.60. The van der Waals surface area contributed by atoms with Gasteiger partial charge in [0.2, 0.25) is 5.91 Å². The number of carbonyl (C=O) groups is 2. The highest BCUT2D eigenvalue weighted by atomic mass is 16.6. The van der Waals surface area contributed by atoms with Crippen molar-refractivity contribution in [3.8, 4) is 0 Å². The molecule has 2 aromatic rings. The van der Waals surface area contributed by atoms with Crippen LogP contribution < -0.4 is 5.32 Å². The van der Waals surface area contributed by atoms with Crippen molar-refractivity contribution < 1.29 is 14.3 Å². The normalized spacial score (nSPS) is 16.1. The predicted octanol–water partition coefficient (Wildman–Crippen LogP) is 4.72. The third kappa shape index (κ3) is 6.44. The Morgan fingerprint density at radius 1 is 1.17 bits per heavy atom. The SMILES string of the molecule is CC(C)(C)OC(=O)C(CNc1ccc(CC(=O)n2ccnc2)cc1)C1CCCCC1. The average Bonchev–Trinajstić information content (AvgIpc) is 3.24. The van der Waals surface area contributed by atoms with E-state index in [4.69, 9.17) is 4.74 Å². The van der Waals surface area contributed by atoms with E-state index in [0.717, 1.165) is 24.1 Å². The molecular formula is C24H33N3O3. The number of carbonyl (C=O) groups excluding carboxylic acids is 2. The van der Waals surface area contributed by atoms with Crippen LogP contribution in [-0.2, 0) is 16.0 Å². The highest BCUT2D eigenvalue weighted by Crippen LogP contribution is 2.32. The zero-order valence-corrected chi connectivity index (χ0v) is 18.3. The molecule has 162 valence electrons. The maximum Gasteiger partial charge on any atom is 0.311 e. The summed E-state index contributed by atoms with van der Waals surface area (Å²) in [4.78, 5) is 29.0. The van der Waals surface area contributed by atoms with Gasteiger partial charge >= 0.3 is 5.97 Å². The number of benzene rings is 1. The Labute approximate surface area is 179 Å². The number of nitrogens with one attached hydrogen (secondary N) is 1. The van der Waals surface area contributed by atoms with Crippen molar-refractivity contribution in [2.75, 3.05) is 11.9 Å². The van der Waals surface area contributed by atoms with Crippen LogP contribution in [0.4, 0.5) is 5.69 Å². The van der Waals surface area contributed by atoms with Gasteiger partial charge in [-0.05, 0) is 57.2 Å². The van der Waals surface area contributed by atoms with E-state index in [-0.39, 0.29) is 17.8 Å². The number of nitrogens with zero attached hydrogens (tertiary/aromatic N) is 2. The lowest BCUT2D eigenvalue weighted by molar-refractivity contribution is -0.161. The van der Waals surface area contributed by atoms with Crippen LogP contribution in [0.15, 0.2) is 43.0 Å². The molecule has 1 aromatic heterocycles. The molecule has 1 aliphatic rings. The molecule has 6 heteroatoms.